The van der Waals surface area contributed by atoms with Gasteiger partial charge in [0.2, 0.25) is 5.91 Å². The molecule has 0 aliphatic rings. The molecule has 1 unspecified atom stereocenters. The molecule has 2 heterocycles. The summed E-state index contributed by atoms with van der Waals surface area (Å²) in [6, 6.07) is 7.65. The van der Waals surface area contributed by atoms with Gasteiger partial charge in [-0.25, -0.2) is 9.97 Å². The lowest BCUT2D eigenvalue weighted by molar-refractivity contribution is -0.118. The van der Waals surface area contributed by atoms with Gasteiger partial charge >= 0.3 is 0 Å². The van der Waals surface area contributed by atoms with Crippen LogP contribution in [0.1, 0.15) is 19.4 Å². The van der Waals surface area contributed by atoms with E-state index in [9.17, 15) is 4.79 Å². The number of carbonyl (C=O) groups excluding carboxylic acids is 1. The smallest absolute Gasteiger partial charge is 0.219 e. The number of benzene rings is 1. The molecule has 0 aliphatic carbocycles. The number of nitrogen functional groups attached to an aromatic ring is 1. The van der Waals surface area contributed by atoms with Crippen LogP contribution >= 0.6 is 0 Å². The molecule has 1 amide bonds. The highest BCUT2D eigenvalue weighted by Gasteiger charge is 2.16. The Balaban J connectivity index is 2.31. The highest BCUT2D eigenvalue weighted by molar-refractivity contribution is 6.06. The molecule has 102 valence electrons. The van der Waals surface area contributed by atoms with Gasteiger partial charge in [0.1, 0.15) is 5.52 Å². The van der Waals surface area contributed by atoms with Crippen molar-refractivity contribution >= 4 is 33.7 Å². The van der Waals surface area contributed by atoms with Crippen LogP contribution in [0.5, 0.6) is 0 Å². The highest BCUT2D eigenvalue weighted by atomic mass is 16.1. The molecule has 0 saturated heterocycles. The van der Waals surface area contributed by atoms with E-state index in [1.165, 1.54) is 0 Å². The standard InChI is InChI=1S/C14H15N5O/c1-8(6-11(15)20)19-7-17-12-13(19)9-4-2-3-5-10(9)18-14(12)16/h2-5,7-8H,6H2,1H3,(H2,15,20)(H2,16,18). The Labute approximate surface area is 115 Å². The molecule has 3 aromatic rings. The van der Waals surface area contributed by atoms with Crippen LogP contribution in [0.15, 0.2) is 30.6 Å². The maximum Gasteiger partial charge on any atom is 0.219 e. The number of para-hydroxylation sites is 1. The van der Waals surface area contributed by atoms with Crippen LogP contribution in [-0.4, -0.2) is 20.4 Å². The molecule has 0 spiro atoms. The molecule has 0 radical (unpaired) electrons. The summed E-state index contributed by atoms with van der Waals surface area (Å²) < 4.78 is 1.93. The fraction of sp³-hybridized carbons (Fsp3) is 0.214. The molecular weight excluding hydrogens is 254 g/mol. The van der Waals surface area contributed by atoms with Crippen LogP contribution in [0, 0.1) is 0 Å². The first-order valence-corrected chi connectivity index (χ1v) is 6.37. The first-order valence-electron chi connectivity index (χ1n) is 6.37. The summed E-state index contributed by atoms with van der Waals surface area (Å²) in [6.07, 6.45) is 1.94. The number of imidazole rings is 1. The number of fused-ring (bicyclic) bond motifs is 3. The van der Waals surface area contributed by atoms with Crippen molar-refractivity contribution in [2.24, 2.45) is 5.73 Å². The van der Waals surface area contributed by atoms with Gasteiger partial charge in [0, 0.05) is 17.8 Å². The number of nitrogens with two attached hydrogens (primary N) is 2. The lowest BCUT2D eigenvalue weighted by atomic mass is 10.1. The predicted molar refractivity (Wildman–Crippen MR) is 78.0 cm³/mol. The fourth-order valence-corrected chi connectivity index (χ4v) is 2.49. The molecule has 0 saturated carbocycles. The number of anilines is 1. The third-order valence-corrected chi connectivity index (χ3v) is 3.41. The van der Waals surface area contributed by atoms with E-state index in [0.717, 1.165) is 16.4 Å². The monoisotopic (exact) mass is 269 g/mol. The molecule has 0 fully saturated rings. The molecule has 20 heavy (non-hydrogen) atoms. The number of pyridine rings is 1. The highest BCUT2D eigenvalue weighted by Crippen LogP contribution is 2.29. The molecule has 3 rings (SSSR count). The predicted octanol–water partition coefficient (Wildman–Crippen LogP) is 1.60. The van der Waals surface area contributed by atoms with Crippen LogP contribution in [-0.2, 0) is 4.79 Å². The minimum Gasteiger partial charge on any atom is -0.382 e. The van der Waals surface area contributed by atoms with Gasteiger partial charge in [-0.05, 0) is 13.0 Å². The first kappa shape index (κ1) is 12.4. The van der Waals surface area contributed by atoms with Crippen molar-refractivity contribution in [2.75, 3.05) is 5.73 Å². The summed E-state index contributed by atoms with van der Waals surface area (Å²) >= 11 is 0. The van der Waals surface area contributed by atoms with Gasteiger partial charge < -0.3 is 16.0 Å². The van der Waals surface area contributed by atoms with E-state index in [-0.39, 0.29) is 18.4 Å². The van der Waals surface area contributed by atoms with E-state index >= 15 is 0 Å². The molecule has 1 atom stereocenters. The third-order valence-electron chi connectivity index (χ3n) is 3.41. The minimum absolute atomic E-state index is 0.0808. The molecular formula is C14H15N5O. The van der Waals surface area contributed by atoms with Gasteiger partial charge in [-0.1, -0.05) is 18.2 Å². The van der Waals surface area contributed by atoms with Crippen LogP contribution in [0.2, 0.25) is 0 Å². The molecule has 0 aliphatic heterocycles. The molecule has 6 heteroatoms. The van der Waals surface area contributed by atoms with Crippen LogP contribution in [0.4, 0.5) is 5.82 Å². The summed E-state index contributed by atoms with van der Waals surface area (Å²) in [7, 11) is 0. The number of primary amides is 1. The summed E-state index contributed by atoms with van der Waals surface area (Å²) in [4.78, 5) is 19.8. The zero-order valence-electron chi connectivity index (χ0n) is 11.1. The second-order valence-electron chi connectivity index (χ2n) is 4.88. The summed E-state index contributed by atoms with van der Waals surface area (Å²) in [5.74, 6) is 0.0504. The van der Waals surface area contributed by atoms with Crippen molar-refractivity contribution in [3.8, 4) is 0 Å². The Morgan fingerprint density at radius 2 is 2.15 bits per heavy atom. The Morgan fingerprint density at radius 1 is 1.40 bits per heavy atom. The van der Waals surface area contributed by atoms with Crippen LogP contribution < -0.4 is 11.5 Å². The van der Waals surface area contributed by atoms with E-state index < -0.39 is 0 Å². The topological polar surface area (TPSA) is 99.8 Å². The second-order valence-corrected chi connectivity index (χ2v) is 4.88. The average molecular weight is 269 g/mol. The zero-order chi connectivity index (χ0) is 14.3. The molecule has 1 aromatic carbocycles. The zero-order valence-corrected chi connectivity index (χ0v) is 11.1. The number of amides is 1. The van der Waals surface area contributed by atoms with Gasteiger partial charge in [-0.2, -0.15) is 0 Å². The Morgan fingerprint density at radius 3 is 2.90 bits per heavy atom. The van der Waals surface area contributed by atoms with Gasteiger partial charge in [-0.15, -0.1) is 0 Å². The first-order chi connectivity index (χ1) is 9.58. The summed E-state index contributed by atoms with van der Waals surface area (Å²) in [5, 5.41) is 0.963. The van der Waals surface area contributed by atoms with Crippen molar-refractivity contribution < 1.29 is 4.79 Å². The van der Waals surface area contributed by atoms with Crippen LogP contribution in [0.3, 0.4) is 0 Å². The SMILES string of the molecule is CC(CC(N)=O)n1cnc2c(N)nc3ccccc3c21. The number of carbonyl (C=O) groups is 1. The normalized spacial score (nSPS) is 12.8. The van der Waals surface area contributed by atoms with E-state index in [2.05, 4.69) is 9.97 Å². The number of hydrogen-bond donors (Lipinski definition) is 2. The van der Waals surface area contributed by atoms with E-state index in [1.807, 2.05) is 35.8 Å². The molecule has 2 aromatic heterocycles. The fourth-order valence-electron chi connectivity index (χ4n) is 2.49. The average Bonchev–Trinajstić information content (AvgIpc) is 2.83. The van der Waals surface area contributed by atoms with Gasteiger partial charge in [0.05, 0.1) is 17.4 Å². The van der Waals surface area contributed by atoms with Crippen molar-refractivity contribution in [1.29, 1.82) is 0 Å². The molecule has 6 nitrogen and oxygen atoms in total. The second kappa shape index (κ2) is 4.48. The number of rotatable bonds is 3. The van der Waals surface area contributed by atoms with Crippen LogP contribution in [0.25, 0.3) is 21.9 Å². The quantitative estimate of drug-likeness (QED) is 0.754. The van der Waals surface area contributed by atoms with Crippen molar-refractivity contribution in [3.63, 3.8) is 0 Å². The lowest BCUT2D eigenvalue weighted by Gasteiger charge is -2.13. The maximum atomic E-state index is 11.1. The van der Waals surface area contributed by atoms with Gasteiger partial charge in [-0.3, -0.25) is 4.79 Å². The number of hydrogen-bond acceptors (Lipinski definition) is 4. The van der Waals surface area contributed by atoms with E-state index in [4.69, 9.17) is 11.5 Å². The molecule has 4 N–H and O–H groups in total. The Bertz CT molecular complexity index is 808. The van der Waals surface area contributed by atoms with E-state index in [1.54, 1.807) is 6.33 Å². The van der Waals surface area contributed by atoms with Gasteiger partial charge in [0.15, 0.2) is 5.82 Å². The Hall–Kier alpha value is -2.63. The third kappa shape index (κ3) is 1.85. The Kier molecular flexibility index (Phi) is 2.78. The van der Waals surface area contributed by atoms with Crippen molar-refractivity contribution in [3.05, 3.63) is 30.6 Å². The largest absolute Gasteiger partial charge is 0.382 e. The minimum atomic E-state index is -0.342. The van der Waals surface area contributed by atoms with Crippen molar-refractivity contribution in [2.45, 2.75) is 19.4 Å². The van der Waals surface area contributed by atoms with Gasteiger partial charge in [0.25, 0.3) is 0 Å². The van der Waals surface area contributed by atoms with E-state index in [0.29, 0.717) is 11.3 Å². The lowest BCUT2D eigenvalue weighted by Crippen LogP contribution is -2.17. The number of aromatic nitrogens is 3. The number of nitrogens with zero attached hydrogens (tertiary/aromatic N) is 3. The summed E-state index contributed by atoms with van der Waals surface area (Å²) in [6.45, 7) is 1.93. The molecule has 0 bridgehead atoms. The van der Waals surface area contributed by atoms with Crippen molar-refractivity contribution in [1.82, 2.24) is 14.5 Å². The summed E-state index contributed by atoms with van der Waals surface area (Å²) in [5.41, 5.74) is 13.6. The maximum absolute atomic E-state index is 11.1.